The van der Waals surface area contributed by atoms with E-state index in [-0.39, 0.29) is 23.7 Å². The lowest BCUT2D eigenvalue weighted by molar-refractivity contribution is 0.0670. The molecule has 2 aromatic carbocycles. The van der Waals surface area contributed by atoms with Crippen LogP contribution in [0.15, 0.2) is 53.1 Å². The van der Waals surface area contributed by atoms with E-state index in [4.69, 9.17) is 25.6 Å². The second kappa shape index (κ2) is 8.72. The maximum absolute atomic E-state index is 13.4. The number of amides is 1. The van der Waals surface area contributed by atoms with Gasteiger partial charge < -0.3 is 18.9 Å². The fourth-order valence-corrected chi connectivity index (χ4v) is 6.02. The van der Waals surface area contributed by atoms with E-state index in [0.717, 1.165) is 5.56 Å². The summed E-state index contributed by atoms with van der Waals surface area (Å²) >= 11 is 6.11. The van der Waals surface area contributed by atoms with Crippen LogP contribution >= 0.6 is 11.6 Å². The molecule has 0 aliphatic carbocycles. The molecule has 1 amide bonds. The lowest BCUT2D eigenvalue weighted by Gasteiger charge is -2.27. The van der Waals surface area contributed by atoms with E-state index >= 15 is 0 Å². The predicted molar refractivity (Wildman–Crippen MR) is 121 cm³/mol. The first kappa shape index (κ1) is 21.8. The Morgan fingerprint density at radius 3 is 2.67 bits per heavy atom. The van der Waals surface area contributed by atoms with Crippen molar-refractivity contribution < 1.29 is 27.2 Å². The number of nitrogens with zero attached hydrogens (tertiary/aromatic N) is 2. The summed E-state index contributed by atoms with van der Waals surface area (Å²) in [6.45, 7) is 1.16. The summed E-state index contributed by atoms with van der Waals surface area (Å²) in [6, 6.07) is 13.6. The van der Waals surface area contributed by atoms with Gasteiger partial charge in [-0.1, -0.05) is 28.9 Å². The second-order valence-corrected chi connectivity index (χ2v) is 10.7. The molecule has 1 aromatic heterocycles. The van der Waals surface area contributed by atoms with Gasteiger partial charge >= 0.3 is 0 Å². The van der Waals surface area contributed by atoms with Crippen LogP contribution in [0, 0.1) is 0 Å². The van der Waals surface area contributed by atoms with Gasteiger partial charge in [0.2, 0.25) is 0 Å². The molecule has 8 nitrogen and oxygen atoms in total. The van der Waals surface area contributed by atoms with Crippen LogP contribution in [-0.4, -0.2) is 55.1 Å². The molecule has 0 saturated carbocycles. The highest BCUT2D eigenvalue weighted by Gasteiger charge is 2.36. The number of halogens is 1. The Bertz CT molecular complexity index is 1310. The first-order valence-corrected chi connectivity index (χ1v) is 12.7. The average molecular weight is 489 g/mol. The molecule has 3 aromatic rings. The number of fused-ring (bicyclic) bond motifs is 1. The quantitative estimate of drug-likeness (QED) is 0.541. The van der Waals surface area contributed by atoms with E-state index in [1.54, 1.807) is 47.4 Å². The van der Waals surface area contributed by atoms with Crippen LogP contribution in [0.4, 0.5) is 0 Å². The average Bonchev–Trinajstić information content (AvgIpc) is 3.43. The molecule has 0 unspecified atom stereocenters. The van der Waals surface area contributed by atoms with E-state index < -0.39 is 21.8 Å². The van der Waals surface area contributed by atoms with Crippen LogP contribution in [0.3, 0.4) is 0 Å². The van der Waals surface area contributed by atoms with Crippen LogP contribution in [0.1, 0.15) is 22.5 Å². The summed E-state index contributed by atoms with van der Waals surface area (Å²) in [5.74, 6) is 1.23. The molecule has 2 aliphatic heterocycles. The van der Waals surface area contributed by atoms with Gasteiger partial charge in [-0.15, -0.1) is 0 Å². The van der Waals surface area contributed by atoms with Crippen LogP contribution in [-0.2, 0) is 16.4 Å². The van der Waals surface area contributed by atoms with Gasteiger partial charge in [0.1, 0.15) is 13.2 Å². The molecular weight excluding hydrogens is 468 g/mol. The number of ether oxygens (including phenoxy) is 2. The minimum Gasteiger partial charge on any atom is -0.486 e. The molecule has 1 fully saturated rings. The maximum atomic E-state index is 13.4. The molecule has 2 aliphatic rings. The molecule has 10 heteroatoms. The van der Waals surface area contributed by atoms with Crippen molar-refractivity contribution in [3.05, 3.63) is 64.8 Å². The third-order valence-electron chi connectivity index (χ3n) is 5.71. The van der Waals surface area contributed by atoms with E-state index in [9.17, 15) is 13.2 Å². The molecule has 0 spiro atoms. The van der Waals surface area contributed by atoms with Crippen molar-refractivity contribution in [2.45, 2.75) is 19.0 Å². The fraction of sp³-hybridized carbons (Fsp3) is 0.304. The highest BCUT2D eigenvalue weighted by Crippen LogP contribution is 2.35. The molecule has 1 saturated heterocycles. The van der Waals surface area contributed by atoms with E-state index in [0.29, 0.717) is 47.5 Å². The van der Waals surface area contributed by atoms with Crippen LogP contribution in [0.5, 0.6) is 11.5 Å². The van der Waals surface area contributed by atoms with Crippen LogP contribution < -0.4 is 9.47 Å². The molecule has 0 bridgehead atoms. The van der Waals surface area contributed by atoms with Gasteiger partial charge in [-0.05, 0) is 42.3 Å². The van der Waals surface area contributed by atoms with Crippen molar-refractivity contribution >= 4 is 27.3 Å². The summed E-state index contributed by atoms with van der Waals surface area (Å²) in [5, 5.41) is 4.52. The van der Waals surface area contributed by atoms with Crippen molar-refractivity contribution in [2.24, 2.45) is 0 Å². The highest BCUT2D eigenvalue weighted by molar-refractivity contribution is 7.91. The van der Waals surface area contributed by atoms with Crippen molar-refractivity contribution in [2.75, 3.05) is 24.7 Å². The standard InChI is InChI=1S/C23H21ClN2O6S/c24-17-3-1-2-15(10-17)13-26(18-6-9-33(28,29)14-18)23(27)19-12-21(32-25-19)16-4-5-20-22(11-16)31-8-7-30-20/h1-5,10-12,18H,6-9,13-14H2/t18-/m1/s1. The number of aromatic nitrogens is 1. The zero-order valence-corrected chi connectivity index (χ0v) is 19.1. The first-order valence-electron chi connectivity index (χ1n) is 10.5. The number of hydrogen-bond donors (Lipinski definition) is 0. The molecular formula is C23H21ClN2O6S. The van der Waals surface area contributed by atoms with E-state index in [2.05, 4.69) is 5.16 Å². The Kier molecular flexibility index (Phi) is 5.76. The first-order chi connectivity index (χ1) is 15.9. The second-order valence-electron chi connectivity index (χ2n) is 8.05. The number of carbonyl (C=O) groups is 1. The summed E-state index contributed by atoms with van der Waals surface area (Å²) in [4.78, 5) is 15.0. The zero-order chi connectivity index (χ0) is 23.0. The monoisotopic (exact) mass is 488 g/mol. The third kappa shape index (κ3) is 4.69. The van der Waals surface area contributed by atoms with Crippen molar-refractivity contribution in [3.63, 3.8) is 0 Å². The summed E-state index contributed by atoms with van der Waals surface area (Å²) in [6.07, 6.45) is 0.376. The number of benzene rings is 2. The largest absolute Gasteiger partial charge is 0.486 e. The highest BCUT2D eigenvalue weighted by atomic mass is 35.5. The van der Waals surface area contributed by atoms with Gasteiger partial charge in [-0.25, -0.2) is 8.42 Å². The number of hydrogen-bond acceptors (Lipinski definition) is 7. The smallest absolute Gasteiger partial charge is 0.276 e. The number of carbonyl (C=O) groups excluding carboxylic acids is 1. The van der Waals surface area contributed by atoms with E-state index in [1.807, 2.05) is 6.07 Å². The number of sulfone groups is 1. The molecule has 0 N–H and O–H groups in total. The molecule has 33 heavy (non-hydrogen) atoms. The van der Waals surface area contributed by atoms with Gasteiger partial charge in [0.15, 0.2) is 32.8 Å². The van der Waals surface area contributed by atoms with Gasteiger partial charge in [-0.3, -0.25) is 4.79 Å². The Morgan fingerprint density at radius 1 is 1.09 bits per heavy atom. The summed E-state index contributed by atoms with van der Waals surface area (Å²) in [5.41, 5.74) is 1.59. The van der Waals surface area contributed by atoms with Gasteiger partial charge in [0, 0.05) is 29.2 Å². The van der Waals surface area contributed by atoms with Crippen molar-refractivity contribution in [1.29, 1.82) is 0 Å². The SMILES string of the molecule is O=C(c1cc(-c2ccc3c(c2)OCCO3)on1)N(Cc1cccc(Cl)c1)[C@@H]1CCS(=O)(=O)C1. The Morgan fingerprint density at radius 2 is 1.91 bits per heavy atom. The zero-order valence-electron chi connectivity index (χ0n) is 17.6. The molecule has 5 rings (SSSR count). The Hall–Kier alpha value is -3.04. The lowest BCUT2D eigenvalue weighted by Crippen LogP contribution is -2.40. The predicted octanol–water partition coefficient (Wildman–Crippen LogP) is 3.60. The minimum absolute atomic E-state index is 0.0538. The number of rotatable bonds is 5. The third-order valence-corrected chi connectivity index (χ3v) is 7.69. The Labute approximate surface area is 195 Å². The van der Waals surface area contributed by atoms with Gasteiger partial charge in [-0.2, -0.15) is 0 Å². The molecule has 172 valence electrons. The summed E-state index contributed by atoms with van der Waals surface area (Å²) in [7, 11) is -3.19. The molecule has 0 radical (unpaired) electrons. The van der Waals surface area contributed by atoms with Crippen LogP contribution in [0.25, 0.3) is 11.3 Å². The Balaban J connectivity index is 1.43. The topological polar surface area (TPSA) is 98.9 Å². The molecule has 3 heterocycles. The lowest BCUT2D eigenvalue weighted by atomic mass is 10.1. The van der Waals surface area contributed by atoms with E-state index in [1.165, 1.54) is 0 Å². The van der Waals surface area contributed by atoms with Crippen molar-refractivity contribution in [3.8, 4) is 22.8 Å². The van der Waals surface area contributed by atoms with Gasteiger partial charge in [0.25, 0.3) is 5.91 Å². The minimum atomic E-state index is -3.19. The van der Waals surface area contributed by atoms with Crippen molar-refractivity contribution in [1.82, 2.24) is 10.1 Å². The maximum Gasteiger partial charge on any atom is 0.276 e. The normalized spacial score (nSPS) is 18.8. The molecule has 1 atom stereocenters. The van der Waals surface area contributed by atoms with Gasteiger partial charge in [0.05, 0.1) is 11.5 Å². The summed E-state index contributed by atoms with van der Waals surface area (Å²) < 4.78 is 40.8. The van der Waals surface area contributed by atoms with Crippen LogP contribution in [0.2, 0.25) is 5.02 Å². The fourth-order valence-electron chi connectivity index (χ4n) is 4.08.